The quantitative estimate of drug-likeness (QED) is 0.778. The van der Waals surface area contributed by atoms with E-state index in [9.17, 15) is 0 Å². The predicted molar refractivity (Wildman–Crippen MR) is 62.6 cm³/mol. The summed E-state index contributed by atoms with van der Waals surface area (Å²) in [5.74, 6) is 2.48. The third kappa shape index (κ3) is 2.73. The summed E-state index contributed by atoms with van der Waals surface area (Å²) >= 11 is 0. The first-order valence-corrected chi connectivity index (χ1v) is 6.54. The van der Waals surface area contributed by atoms with Gasteiger partial charge in [-0.05, 0) is 56.4 Å². The Balaban J connectivity index is 1.68. The molecule has 2 fully saturated rings. The van der Waals surface area contributed by atoms with Crippen LogP contribution in [0.1, 0.15) is 46.0 Å². The van der Waals surface area contributed by atoms with Gasteiger partial charge in [-0.15, -0.1) is 0 Å². The molecule has 0 aliphatic heterocycles. The van der Waals surface area contributed by atoms with Crippen molar-refractivity contribution in [3.8, 4) is 0 Å². The van der Waals surface area contributed by atoms with Crippen molar-refractivity contribution in [3.63, 3.8) is 0 Å². The van der Waals surface area contributed by atoms with E-state index < -0.39 is 0 Å². The molecule has 2 saturated carbocycles. The number of hydrogen-bond acceptors (Lipinski definition) is 2. The van der Waals surface area contributed by atoms with E-state index in [0.29, 0.717) is 12.2 Å². The van der Waals surface area contributed by atoms with Crippen molar-refractivity contribution in [2.45, 2.75) is 58.2 Å². The van der Waals surface area contributed by atoms with E-state index in [1.54, 1.807) is 0 Å². The van der Waals surface area contributed by atoms with Crippen LogP contribution in [0.2, 0.25) is 0 Å². The number of nitrogens with two attached hydrogens (primary N) is 1. The highest BCUT2D eigenvalue weighted by Crippen LogP contribution is 2.36. The lowest BCUT2D eigenvalue weighted by Crippen LogP contribution is -2.39. The van der Waals surface area contributed by atoms with Gasteiger partial charge in [-0.25, -0.2) is 0 Å². The van der Waals surface area contributed by atoms with E-state index in [1.807, 2.05) is 0 Å². The van der Waals surface area contributed by atoms with Crippen LogP contribution in [-0.2, 0) is 4.74 Å². The summed E-state index contributed by atoms with van der Waals surface area (Å²) in [4.78, 5) is 0. The Kier molecular flexibility index (Phi) is 3.68. The second-order valence-electron chi connectivity index (χ2n) is 5.72. The molecule has 0 radical (unpaired) electrons. The third-order valence-corrected chi connectivity index (χ3v) is 4.46. The zero-order valence-electron chi connectivity index (χ0n) is 10.1. The van der Waals surface area contributed by atoms with Crippen LogP contribution < -0.4 is 5.73 Å². The summed E-state index contributed by atoms with van der Waals surface area (Å²) in [6.45, 7) is 5.58. The van der Waals surface area contributed by atoms with Crippen molar-refractivity contribution in [2.24, 2.45) is 23.5 Å². The lowest BCUT2D eigenvalue weighted by atomic mass is 9.79. The van der Waals surface area contributed by atoms with Crippen LogP contribution in [0.15, 0.2) is 0 Å². The van der Waals surface area contributed by atoms with Crippen molar-refractivity contribution in [1.29, 1.82) is 0 Å². The third-order valence-electron chi connectivity index (χ3n) is 4.46. The van der Waals surface area contributed by atoms with Crippen molar-refractivity contribution in [2.75, 3.05) is 6.54 Å². The van der Waals surface area contributed by atoms with Crippen molar-refractivity contribution >= 4 is 0 Å². The van der Waals surface area contributed by atoms with Gasteiger partial charge in [-0.2, -0.15) is 0 Å². The van der Waals surface area contributed by atoms with Gasteiger partial charge in [0.15, 0.2) is 0 Å². The molecule has 2 nitrogen and oxygen atoms in total. The van der Waals surface area contributed by atoms with Gasteiger partial charge in [0.05, 0.1) is 12.2 Å². The minimum atomic E-state index is 0.532. The second-order valence-corrected chi connectivity index (χ2v) is 5.72. The summed E-state index contributed by atoms with van der Waals surface area (Å²) in [6.07, 6.45) is 7.37. The summed E-state index contributed by atoms with van der Waals surface area (Å²) in [7, 11) is 0. The highest BCUT2D eigenvalue weighted by atomic mass is 16.5. The molecule has 0 amide bonds. The Bertz CT molecular complexity index is 201. The van der Waals surface area contributed by atoms with Gasteiger partial charge in [-0.1, -0.05) is 13.8 Å². The molecule has 0 saturated heterocycles. The molecule has 15 heavy (non-hydrogen) atoms. The molecule has 3 unspecified atom stereocenters. The van der Waals surface area contributed by atoms with E-state index >= 15 is 0 Å². The zero-order chi connectivity index (χ0) is 10.8. The molecule has 0 aromatic carbocycles. The van der Waals surface area contributed by atoms with E-state index in [0.717, 1.165) is 24.3 Å². The first-order valence-electron chi connectivity index (χ1n) is 6.54. The molecule has 0 aromatic heterocycles. The minimum Gasteiger partial charge on any atom is -0.375 e. The van der Waals surface area contributed by atoms with Crippen LogP contribution in [0, 0.1) is 17.8 Å². The van der Waals surface area contributed by atoms with Crippen LogP contribution in [0.3, 0.4) is 0 Å². The van der Waals surface area contributed by atoms with Crippen LogP contribution in [-0.4, -0.2) is 18.8 Å². The SMILES string of the molecule is CC1CCC(OC2CC(CN)C2)CC1C. The highest BCUT2D eigenvalue weighted by molar-refractivity contribution is 4.83. The maximum absolute atomic E-state index is 6.12. The standard InChI is InChI=1S/C13H25NO/c1-9-3-4-12(5-10(9)2)15-13-6-11(7-13)8-14/h9-13H,3-8,14H2,1-2H3. The monoisotopic (exact) mass is 211 g/mol. The number of rotatable bonds is 3. The van der Waals surface area contributed by atoms with Gasteiger partial charge < -0.3 is 10.5 Å². The fourth-order valence-corrected chi connectivity index (χ4v) is 2.87. The van der Waals surface area contributed by atoms with Crippen LogP contribution in [0.5, 0.6) is 0 Å². The largest absolute Gasteiger partial charge is 0.375 e. The van der Waals surface area contributed by atoms with Gasteiger partial charge in [0.2, 0.25) is 0 Å². The molecule has 2 heteroatoms. The van der Waals surface area contributed by atoms with Crippen molar-refractivity contribution in [3.05, 3.63) is 0 Å². The average molecular weight is 211 g/mol. The topological polar surface area (TPSA) is 35.2 Å². The van der Waals surface area contributed by atoms with E-state index in [4.69, 9.17) is 10.5 Å². The number of hydrogen-bond donors (Lipinski definition) is 1. The zero-order valence-corrected chi connectivity index (χ0v) is 10.1. The molecule has 2 rings (SSSR count). The van der Waals surface area contributed by atoms with Gasteiger partial charge in [0, 0.05) is 0 Å². The Morgan fingerprint density at radius 3 is 2.33 bits per heavy atom. The average Bonchev–Trinajstić information content (AvgIpc) is 2.16. The minimum absolute atomic E-state index is 0.532. The van der Waals surface area contributed by atoms with Gasteiger partial charge in [-0.3, -0.25) is 0 Å². The first-order chi connectivity index (χ1) is 7.19. The van der Waals surface area contributed by atoms with Gasteiger partial charge in [0.1, 0.15) is 0 Å². The predicted octanol–water partition coefficient (Wildman–Crippen LogP) is 2.57. The molecule has 2 aliphatic carbocycles. The summed E-state index contributed by atoms with van der Waals surface area (Å²) in [6, 6.07) is 0. The fourth-order valence-electron chi connectivity index (χ4n) is 2.87. The van der Waals surface area contributed by atoms with Gasteiger partial charge in [0.25, 0.3) is 0 Å². The molecular formula is C13H25NO. The van der Waals surface area contributed by atoms with Crippen LogP contribution in [0.25, 0.3) is 0 Å². The summed E-state index contributed by atoms with van der Waals surface area (Å²) < 4.78 is 6.12. The molecule has 2 N–H and O–H groups in total. The summed E-state index contributed by atoms with van der Waals surface area (Å²) in [5, 5.41) is 0. The molecular weight excluding hydrogens is 186 g/mol. The van der Waals surface area contributed by atoms with E-state index in [1.165, 1.54) is 32.1 Å². The van der Waals surface area contributed by atoms with Crippen molar-refractivity contribution < 1.29 is 4.74 Å². The second kappa shape index (κ2) is 4.84. The van der Waals surface area contributed by atoms with E-state index in [2.05, 4.69) is 13.8 Å². The molecule has 3 atom stereocenters. The molecule has 0 heterocycles. The van der Waals surface area contributed by atoms with Crippen LogP contribution in [0.4, 0.5) is 0 Å². The Morgan fingerprint density at radius 2 is 1.73 bits per heavy atom. The molecule has 0 aromatic rings. The van der Waals surface area contributed by atoms with Gasteiger partial charge >= 0.3 is 0 Å². The summed E-state index contributed by atoms with van der Waals surface area (Å²) in [5.41, 5.74) is 5.61. The Labute approximate surface area is 93.6 Å². The molecule has 2 aliphatic rings. The van der Waals surface area contributed by atoms with Crippen LogP contribution >= 0.6 is 0 Å². The fraction of sp³-hybridized carbons (Fsp3) is 1.00. The highest BCUT2D eigenvalue weighted by Gasteiger charge is 2.33. The molecule has 0 bridgehead atoms. The molecule has 88 valence electrons. The lowest BCUT2D eigenvalue weighted by Gasteiger charge is -2.40. The maximum Gasteiger partial charge on any atom is 0.0585 e. The number of ether oxygens (including phenoxy) is 1. The first kappa shape index (κ1) is 11.4. The molecule has 0 spiro atoms. The van der Waals surface area contributed by atoms with Crippen molar-refractivity contribution in [1.82, 2.24) is 0 Å². The Hall–Kier alpha value is -0.0800. The lowest BCUT2D eigenvalue weighted by molar-refractivity contribution is -0.0956. The maximum atomic E-state index is 6.12. The van der Waals surface area contributed by atoms with E-state index in [-0.39, 0.29) is 0 Å². The normalized spacial score (nSPS) is 46.2. The Morgan fingerprint density at radius 1 is 1.00 bits per heavy atom. The smallest absolute Gasteiger partial charge is 0.0585 e.